The van der Waals surface area contributed by atoms with Crippen LogP contribution in [0.25, 0.3) is 0 Å². The van der Waals surface area contributed by atoms with Gasteiger partial charge in [0.1, 0.15) is 11.6 Å². The number of para-hydroxylation sites is 1. The normalized spacial score (nSPS) is 14.4. The molecule has 0 radical (unpaired) electrons. The van der Waals surface area contributed by atoms with E-state index >= 15 is 0 Å². The molecule has 6 nitrogen and oxygen atoms in total. The lowest BCUT2D eigenvalue weighted by molar-refractivity contribution is 0.181. The molecule has 0 bridgehead atoms. The molecule has 0 aromatic heterocycles. The van der Waals surface area contributed by atoms with Crippen LogP contribution in [0, 0.1) is 17.6 Å². The van der Waals surface area contributed by atoms with Crippen molar-refractivity contribution in [1.29, 1.82) is 0 Å². The maximum atomic E-state index is 13.5. The van der Waals surface area contributed by atoms with E-state index in [4.69, 9.17) is 0 Å². The van der Waals surface area contributed by atoms with E-state index in [0.29, 0.717) is 25.3 Å². The zero-order valence-electron chi connectivity index (χ0n) is 15.3. The molecule has 148 valence electrons. The van der Waals surface area contributed by atoms with E-state index < -0.39 is 11.8 Å². The number of benzene rings is 2. The van der Waals surface area contributed by atoms with Crippen LogP contribution in [0.2, 0.25) is 0 Å². The van der Waals surface area contributed by atoms with E-state index in [-0.39, 0.29) is 23.5 Å². The minimum atomic E-state index is -0.488. The Hall–Kier alpha value is -3.16. The predicted molar refractivity (Wildman–Crippen MR) is 103 cm³/mol. The van der Waals surface area contributed by atoms with Gasteiger partial charge in [0, 0.05) is 25.3 Å². The highest BCUT2D eigenvalue weighted by Gasteiger charge is 2.23. The second-order valence-electron chi connectivity index (χ2n) is 6.68. The lowest BCUT2D eigenvalue weighted by Gasteiger charge is -2.32. The van der Waals surface area contributed by atoms with Crippen molar-refractivity contribution >= 4 is 23.4 Å². The van der Waals surface area contributed by atoms with E-state index in [9.17, 15) is 18.4 Å². The number of nitrogens with zero attached hydrogens (tertiary/aromatic N) is 1. The molecule has 0 aliphatic carbocycles. The van der Waals surface area contributed by atoms with Gasteiger partial charge in [0.15, 0.2) is 0 Å². The molecule has 0 spiro atoms. The minimum Gasteiger partial charge on any atom is -0.338 e. The number of urea groups is 2. The SMILES string of the molecule is O=C(NCC1CCN(C(=O)Nc2ccc(F)cc2)CC1)Nc1ccccc1F. The third-order valence-electron chi connectivity index (χ3n) is 4.67. The van der Waals surface area contributed by atoms with Gasteiger partial charge in [-0.15, -0.1) is 0 Å². The standard InChI is InChI=1S/C20H22F2N4O2/c21-15-5-7-16(8-6-15)24-20(28)26-11-9-14(10-12-26)13-23-19(27)25-18-4-2-1-3-17(18)22/h1-8,14H,9-13H2,(H,24,28)(H2,23,25,27). The summed E-state index contributed by atoms with van der Waals surface area (Å²) in [6.07, 6.45) is 1.49. The second kappa shape index (κ2) is 9.16. The van der Waals surface area contributed by atoms with Gasteiger partial charge in [0.05, 0.1) is 5.69 Å². The van der Waals surface area contributed by atoms with Crippen LogP contribution in [-0.4, -0.2) is 36.6 Å². The zero-order chi connectivity index (χ0) is 19.9. The van der Waals surface area contributed by atoms with Gasteiger partial charge >= 0.3 is 12.1 Å². The van der Waals surface area contributed by atoms with Gasteiger partial charge in [-0.3, -0.25) is 0 Å². The first-order valence-corrected chi connectivity index (χ1v) is 9.12. The Labute approximate surface area is 161 Å². The maximum absolute atomic E-state index is 13.5. The van der Waals surface area contributed by atoms with Crippen LogP contribution < -0.4 is 16.0 Å². The summed E-state index contributed by atoms with van der Waals surface area (Å²) < 4.78 is 26.5. The van der Waals surface area contributed by atoms with Gasteiger partial charge in [0.2, 0.25) is 0 Å². The molecule has 3 rings (SSSR count). The molecule has 0 saturated carbocycles. The molecule has 28 heavy (non-hydrogen) atoms. The maximum Gasteiger partial charge on any atom is 0.321 e. The quantitative estimate of drug-likeness (QED) is 0.740. The molecule has 0 atom stereocenters. The van der Waals surface area contributed by atoms with Crippen molar-refractivity contribution in [3.05, 3.63) is 60.2 Å². The Morgan fingerprint density at radius 2 is 1.64 bits per heavy atom. The number of nitrogens with one attached hydrogen (secondary N) is 3. The fourth-order valence-corrected chi connectivity index (χ4v) is 3.04. The average molecular weight is 388 g/mol. The van der Waals surface area contributed by atoms with Gasteiger partial charge in [-0.25, -0.2) is 18.4 Å². The molecule has 3 N–H and O–H groups in total. The molecular weight excluding hydrogens is 366 g/mol. The van der Waals surface area contributed by atoms with Crippen LogP contribution in [0.15, 0.2) is 48.5 Å². The number of carbonyl (C=O) groups excluding carboxylic acids is 2. The summed E-state index contributed by atoms with van der Waals surface area (Å²) in [6.45, 7) is 1.58. The fourth-order valence-electron chi connectivity index (χ4n) is 3.04. The summed E-state index contributed by atoms with van der Waals surface area (Å²) in [5.74, 6) is -0.607. The van der Waals surface area contributed by atoms with Gasteiger partial charge < -0.3 is 20.9 Å². The monoisotopic (exact) mass is 388 g/mol. The third-order valence-corrected chi connectivity index (χ3v) is 4.67. The Kier molecular flexibility index (Phi) is 6.41. The van der Waals surface area contributed by atoms with Crippen molar-refractivity contribution in [2.75, 3.05) is 30.3 Å². The van der Waals surface area contributed by atoms with Crippen LogP contribution in [-0.2, 0) is 0 Å². The molecule has 0 unspecified atom stereocenters. The zero-order valence-corrected chi connectivity index (χ0v) is 15.3. The number of hydrogen-bond donors (Lipinski definition) is 3. The number of likely N-dealkylation sites (tertiary alicyclic amines) is 1. The van der Waals surface area contributed by atoms with Crippen molar-refractivity contribution < 1.29 is 18.4 Å². The van der Waals surface area contributed by atoms with Crippen LogP contribution in [0.3, 0.4) is 0 Å². The number of piperidine rings is 1. The molecule has 1 aliphatic rings. The van der Waals surface area contributed by atoms with E-state index in [1.807, 2.05) is 0 Å². The summed E-state index contributed by atoms with van der Waals surface area (Å²) in [6, 6.07) is 10.9. The highest BCUT2D eigenvalue weighted by Crippen LogP contribution is 2.18. The van der Waals surface area contributed by atoms with Crippen LogP contribution in [0.1, 0.15) is 12.8 Å². The molecule has 1 fully saturated rings. The first-order valence-electron chi connectivity index (χ1n) is 9.12. The smallest absolute Gasteiger partial charge is 0.321 e. The van der Waals surface area contributed by atoms with Gasteiger partial charge in [-0.2, -0.15) is 0 Å². The Morgan fingerprint density at radius 3 is 2.32 bits per heavy atom. The number of halogens is 2. The van der Waals surface area contributed by atoms with E-state index in [1.54, 1.807) is 17.0 Å². The number of carbonyl (C=O) groups is 2. The van der Waals surface area contributed by atoms with Gasteiger partial charge in [-0.1, -0.05) is 12.1 Å². The van der Waals surface area contributed by atoms with Crippen molar-refractivity contribution in [3.8, 4) is 0 Å². The number of hydrogen-bond acceptors (Lipinski definition) is 2. The second-order valence-corrected chi connectivity index (χ2v) is 6.68. The predicted octanol–water partition coefficient (Wildman–Crippen LogP) is 4.03. The Morgan fingerprint density at radius 1 is 0.964 bits per heavy atom. The molecule has 4 amide bonds. The lowest BCUT2D eigenvalue weighted by Crippen LogP contribution is -2.43. The van der Waals surface area contributed by atoms with Crippen LogP contribution in [0.5, 0.6) is 0 Å². The average Bonchev–Trinajstić information content (AvgIpc) is 2.70. The third kappa shape index (κ3) is 5.42. The summed E-state index contributed by atoms with van der Waals surface area (Å²) in [5.41, 5.74) is 0.673. The van der Waals surface area contributed by atoms with Crippen LogP contribution >= 0.6 is 0 Å². The topological polar surface area (TPSA) is 73.5 Å². The molecular formula is C20H22F2N4O2. The fraction of sp³-hybridized carbons (Fsp3) is 0.300. The first kappa shape index (κ1) is 19.6. The first-order chi connectivity index (χ1) is 13.5. The molecule has 8 heteroatoms. The lowest BCUT2D eigenvalue weighted by atomic mass is 9.97. The van der Waals surface area contributed by atoms with Gasteiger partial charge in [-0.05, 0) is 55.2 Å². The summed E-state index contributed by atoms with van der Waals surface area (Å²) in [7, 11) is 0. The highest BCUT2D eigenvalue weighted by atomic mass is 19.1. The van der Waals surface area contributed by atoms with E-state index in [1.165, 1.54) is 36.4 Å². The number of anilines is 2. The molecule has 2 aromatic carbocycles. The highest BCUT2D eigenvalue weighted by molar-refractivity contribution is 5.90. The largest absolute Gasteiger partial charge is 0.338 e. The number of rotatable bonds is 4. The molecule has 2 aromatic rings. The molecule has 1 saturated heterocycles. The van der Waals surface area contributed by atoms with Crippen molar-refractivity contribution in [2.24, 2.45) is 5.92 Å². The van der Waals surface area contributed by atoms with E-state index in [2.05, 4.69) is 16.0 Å². The van der Waals surface area contributed by atoms with Crippen molar-refractivity contribution in [1.82, 2.24) is 10.2 Å². The van der Waals surface area contributed by atoms with Crippen molar-refractivity contribution in [2.45, 2.75) is 12.8 Å². The minimum absolute atomic E-state index is 0.132. The van der Waals surface area contributed by atoms with Crippen LogP contribution in [0.4, 0.5) is 29.7 Å². The number of amides is 4. The van der Waals surface area contributed by atoms with Gasteiger partial charge in [0.25, 0.3) is 0 Å². The molecule has 1 aliphatic heterocycles. The summed E-state index contributed by atoms with van der Waals surface area (Å²) >= 11 is 0. The summed E-state index contributed by atoms with van der Waals surface area (Å²) in [5, 5.41) is 7.97. The Balaban J connectivity index is 1.39. The van der Waals surface area contributed by atoms with E-state index in [0.717, 1.165) is 12.8 Å². The summed E-state index contributed by atoms with van der Waals surface area (Å²) in [4.78, 5) is 25.9. The Bertz CT molecular complexity index is 821. The molecule has 1 heterocycles. The van der Waals surface area contributed by atoms with Crippen molar-refractivity contribution in [3.63, 3.8) is 0 Å².